The van der Waals surface area contributed by atoms with Crippen LogP contribution in [0.2, 0.25) is 0 Å². The Morgan fingerprint density at radius 2 is 1.74 bits per heavy atom. The van der Waals surface area contributed by atoms with Gasteiger partial charge in [-0.25, -0.2) is 0 Å². The topological polar surface area (TPSA) is 134 Å². The van der Waals surface area contributed by atoms with E-state index in [0.29, 0.717) is 49.9 Å². The molecular formula is C48H77N3O7. The SMILES string of the molecule is C=C1CC[C@H](OCCCNC(=O)CC(C)(CC)OCCC(C)(C)NC(=O)CCN2C(=O)C=CC2=O)C/C1=C/C=C1\CCC[C@]2(C)C([C@H](C)CCCC(C)(C)O)CC[C@@H]12. The number of nitrogens with zero attached hydrogens (tertiary/aromatic N) is 1. The molecule has 1 aliphatic heterocycles. The third-order valence-electron chi connectivity index (χ3n) is 13.7. The van der Waals surface area contributed by atoms with Crippen molar-refractivity contribution in [1.29, 1.82) is 0 Å². The molecule has 3 aliphatic carbocycles. The zero-order valence-electron chi connectivity index (χ0n) is 37.3. The largest absolute Gasteiger partial charge is 0.390 e. The van der Waals surface area contributed by atoms with Gasteiger partial charge in [0.1, 0.15) is 0 Å². The Hall–Kier alpha value is -3.08. The van der Waals surface area contributed by atoms with Crippen LogP contribution in [0.5, 0.6) is 0 Å². The molecule has 4 rings (SSSR count). The summed E-state index contributed by atoms with van der Waals surface area (Å²) in [6.45, 7) is 22.6. The number of ether oxygens (including phenoxy) is 2. The second-order valence-electron chi connectivity index (χ2n) is 19.7. The van der Waals surface area contributed by atoms with Gasteiger partial charge in [0.2, 0.25) is 11.8 Å². The first kappa shape index (κ1) is 47.6. The van der Waals surface area contributed by atoms with Crippen LogP contribution in [0.3, 0.4) is 0 Å². The highest BCUT2D eigenvalue weighted by molar-refractivity contribution is 6.13. The van der Waals surface area contributed by atoms with Gasteiger partial charge < -0.3 is 25.2 Å². The number of amides is 4. The van der Waals surface area contributed by atoms with Crippen molar-refractivity contribution in [3.63, 3.8) is 0 Å². The Kier molecular flexibility index (Phi) is 17.2. The number of allylic oxidation sites excluding steroid dienone is 4. The van der Waals surface area contributed by atoms with Crippen molar-refractivity contribution >= 4 is 23.6 Å². The van der Waals surface area contributed by atoms with Gasteiger partial charge in [0.05, 0.1) is 23.7 Å². The van der Waals surface area contributed by atoms with Crippen molar-refractivity contribution in [2.24, 2.45) is 23.2 Å². The van der Waals surface area contributed by atoms with Gasteiger partial charge in [-0.05, 0) is 140 Å². The molecule has 4 aliphatic rings. The quantitative estimate of drug-likeness (QED) is 0.0739. The molecule has 326 valence electrons. The normalized spacial score (nSPS) is 26.9. The fraction of sp³-hybridized carbons (Fsp3) is 0.750. The molecule has 3 fully saturated rings. The van der Waals surface area contributed by atoms with Crippen LogP contribution in [0.4, 0.5) is 0 Å². The van der Waals surface area contributed by atoms with E-state index in [0.717, 1.165) is 49.3 Å². The number of nitrogens with one attached hydrogen (secondary N) is 2. The fourth-order valence-electron chi connectivity index (χ4n) is 9.95. The first-order chi connectivity index (χ1) is 27.2. The average molecular weight is 808 g/mol. The van der Waals surface area contributed by atoms with Crippen molar-refractivity contribution in [3.05, 3.63) is 47.6 Å². The summed E-state index contributed by atoms with van der Waals surface area (Å²) in [5.74, 6) is 0.989. The minimum atomic E-state index is -0.640. The molecule has 1 heterocycles. The summed E-state index contributed by atoms with van der Waals surface area (Å²) in [5.41, 5.74) is 2.74. The molecule has 2 unspecified atom stereocenters. The molecule has 0 spiro atoms. The van der Waals surface area contributed by atoms with E-state index in [-0.39, 0.29) is 37.3 Å². The molecule has 3 N–H and O–H groups in total. The van der Waals surface area contributed by atoms with Crippen molar-refractivity contribution < 1.29 is 33.8 Å². The van der Waals surface area contributed by atoms with Gasteiger partial charge >= 0.3 is 0 Å². The summed E-state index contributed by atoms with van der Waals surface area (Å²) in [6.07, 6.45) is 21.9. The van der Waals surface area contributed by atoms with E-state index in [4.69, 9.17) is 9.47 Å². The maximum absolute atomic E-state index is 12.9. The lowest BCUT2D eigenvalue weighted by Crippen LogP contribution is -2.46. The number of carbonyl (C=O) groups is 4. The van der Waals surface area contributed by atoms with Crippen LogP contribution >= 0.6 is 0 Å². The molecule has 6 atom stereocenters. The van der Waals surface area contributed by atoms with Crippen molar-refractivity contribution in [2.45, 2.75) is 181 Å². The Morgan fingerprint density at radius 1 is 1.02 bits per heavy atom. The highest BCUT2D eigenvalue weighted by Gasteiger charge is 2.50. The second kappa shape index (κ2) is 20.9. The molecule has 10 heteroatoms. The standard InChI is InChI=1S/C48H77N3O7/c1-10-47(8,58-31-27-45(4,5)50-41(52)24-29-51-43(54)22-23-44(51)55)33-42(53)49-28-13-30-57-38-19-16-34(2)37(32-38)18-17-36-15-12-26-48(9)39(20-21-40(36)48)35(3)14-11-25-46(6,7)56/h17-18,22-23,35,38-40,56H,2,10-16,19-21,24-33H2,1,3-9H3,(H,49,53)(H,50,52)/b36-17+,37-18-/t35-,38+,39?,40+,47?,48-/m1/s1. The molecular weight excluding hydrogens is 731 g/mol. The molecule has 0 aromatic carbocycles. The molecule has 0 aromatic heterocycles. The zero-order chi connectivity index (χ0) is 42.7. The predicted octanol–water partition coefficient (Wildman–Crippen LogP) is 8.44. The highest BCUT2D eigenvalue weighted by Crippen LogP contribution is 2.60. The summed E-state index contributed by atoms with van der Waals surface area (Å²) < 4.78 is 12.6. The number of carbonyl (C=O) groups excluding carboxylic acids is 4. The van der Waals surface area contributed by atoms with Gasteiger partial charge in [0, 0.05) is 50.4 Å². The number of hydrogen-bond acceptors (Lipinski definition) is 7. The van der Waals surface area contributed by atoms with Gasteiger partial charge in [-0.1, -0.05) is 63.5 Å². The van der Waals surface area contributed by atoms with Crippen LogP contribution in [0, 0.1) is 23.2 Å². The molecule has 0 saturated heterocycles. The Balaban J connectivity index is 1.15. The molecule has 10 nitrogen and oxygen atoms in total. The molecule has 0 radical (unpaired) electrons. The van der Waals surface area contributed by atoms with E-state index in [1.807, 2.05) is 41.5 Å². The number of imide groups is 1. The van der Waals surface area contributed by atoms with Gasteiger partial charge in [-0.3, -0.25) is 24.1 Å². The molecule has 0 aromatic rings. The van der Waals surface area contributed by atoms with Crippen molar-refractivity contribution in [1.82, 2.24) is 15.5 Å². The number of fused-ring (bicyclic) bond motifs is 1. The van der Waals surface area contributed by atoms with E-state index >= 15 is 0 Å². The second-order valence-corrected chi connectivity index (χ2v) is 19.7. The lowest BCUT2D eigenvalue weighted by atomic mass is 9.60. The number of hydrogen-bond donors (Lipinski definition) is 3. The van der Waals surface area contributed by atoms with Crippen LogP contribution in [-0.2, 0) is 28.7 Å². The van der Waals surface area contributed by atoms with E-state index < -0.39 is 28.6 Å². The molecule has 3 saturated carbocycles. The lowest BCUT2D eigenvalue weighted by molar-refractivity contribution is -0.137. The Bertz CT molecular complexity index is 1540. The van der Waals surface area contributed by atoms with Crippen LogP contribution in [0.15, 0.2) is 47.6 Å². The molecule has 4 amide bonds. The highest BCUT2D eigenvalue weighted by atomic mass is 16.5. The van der Waals surface area contributed by atoms with Gasteiger partial charge in [0.15, 0.2) is 0 Å². The molecule has 0 bridgehead atoms. The summed E-state index contributed by atoms with van der Waals surface area (Å²) in [7, 11) is 0. The monoisotopic (exact) mass is 808 g/mol. The fourth-order valence-corrected chi connectivity index (χ4v) is 9.95. The van der Waals surface area contributed by atoms with Crippen molar-refractivity contribution in [3.8, 4) is 0 Å². The van der Waals surface area contributed by atoms with Gasteiger partial charge in [-0.2, -0.15) is 0 Å². The average Bonchev–Trinajstić information content (AvgIpc) is 3.66. The van der Waals surface area contributed by atoms with Gasteiger partial charge in [0.25, 0.3) is 11.8 Å². The van der Waals surface area contributed by atoms with Crippen LogP contribution in [-0.4, -0.2) is 82.8 Å². The minimum Gasteiger partial charge on any atom is -0.390 e. The smallest absolute Gasteiger partial charge is 0.253 e. The lowest BCUT2D eigenvalue weighted by Gasteiger charge is -2.44. The third kappa shape index (κ3) is 14.0. The minimum absolute atomic E-state index is 0.0299. The van der Waals surface area contributed by atoms with E-state index in [9.17, 15) is 24.3 Å². The molecule has 58 heavy (non-hydrogen) atoms. The van der Waals surface area contributed by atoms with E-state index in [2.05, 4.69) is 43.2 Å². The van der Waals surface area contributed by atoms with Crippen LogP contribution < -0.4 is 10.6 Å². The maximum atomic E-state index is 12.9. The summed E-state index contributed by atoms with van der Waals surface area (Å²) in [4.78, 5) is 50.0. The Morgan fingerprint density at radius 3 is 2.43 bits per heavy atom. The summed E-state index contributed by atoms with van der Waals surface area (Å²) >= 11 is 0. The van der Waals surface area contributed by atoms with E-state index in [1.165, 1.54) is 61.8 Å². The maximum Gasteiger partial charge on any atom is 0.253 e. The zero-order valence-corrected chi connectivity index (χ0v) is 37.3. The van der Waals surface area contributed by atoms with Gasteiger partial charge in [-0.15, -0.1) is 0 Å². The first-order valence-corrected chi connectivity index (χ1v) is 22.4. The summed E-state index contributed by atoms with van der Waals surface area (Å²) in [6, 6.07) is 0. The van der Waals surface area contributed by atoms with Crippen molar-refractivity contribution in [2.75, 3.05) is 26.3 Å². The number of rotatable bonds is 22. The van der Waals surface area contributed by atoms with Crippen LogP contribution in [0.25, 0.3) is 0 Å². The Labute approximate surface area is 350 Å². The number of aliphatic hydroxyl groups is 1. The summed E-state index contributed by atoms with van der Waals surface area (Å²) in [5, 5.41) is 16.2. The third-order valence-corrected chi connectivity index (χ3v) is 13.7. The first-order valence-electron chi connectivity index (χ1n) is 22.4. The predicted molar refractivity (Wildman–Crippen MR) is 231 cm³/mol. The van der Waals surface area contributed by atoms with E-state index in [1.54, 1.807) is 5.57 Å². The van der Waals surface area contributed by atoms with Crippen LogP contribution in [0.1, 0.15) is 158 Å².